The third-order valence-corrected chi connectivity index (χ3v) is 5.68. The molecule has 2 fully saturated rings. The number of amides is 1. The van der Waals surface area contributed by atoms with Crippen LogP contribution in [-0.4, -0.2) is 43.7 Å². The number of ether oxygens (including phenoxy) is 1. The van der Waals surface area contributed by atoms with Gasteiger partial charge in [-0.05, 0) is 24.8 Å². The first kappa shape index (κ1) is 16.5. The van der Waals surface area contributed by atoms with Crippen LogP contribution >= 0.6 is 0 Å². The molecule has 2 N–H and O–H groups in total. The van der Waals surface area contributed by atoms with Crippen LogP contribution in [0.1, 0.15) is 43.6 Å². The van der Waals surface area contributed by atoms with Crippen LogP contribution in [0.5, 0.6) is 0 Å². The number of nitrogens with two attached hydrogens (primary N) is 1. The van der Waals surface area contributed by atoms with Gasteiger partial charge in [-0.1, -0.05) is 43.2 Å². The topological polar surface area (TPSA) is 55.6 Å². The van der Waals surface area contributed by atoms with Crippen LogP contribution in [0.25, 0.3) is 0 Å². The van der Waals surface area contributed by atoms with Crippen LogP contribution in [-0.2, 0) is 9.53 Å². The Morgan fingerprint density at radius 1 is 1.26 bits per heavy atom. The molecule has 0 radical (unpaired) electrons. The minimum Gasteiger partial charge on any atom is -0.385 e. The molecule has 4 nitrogen and oxygen atoms in total. The number of hydrogen-bond acceptors (Lipinski definition) is 3. The van der Waals surface area contributed by atoms with Gasteiger partial charge in [-0.2, -0.15) is 0 Å². The Kier molecular flexibility index (Phi) is 5.02. The van der Waals surface area contributed by atoms with E-state index in [4.69, 9.17) is 10.5 Å². The summed E-state index contributed by atoms with van der Waals surface area (Å²) in [5.74, 6) is 0.557. The molecule has 126 valence electrons. The Morgan fingerprint density at radius 3 is 2.61 bits per heavy atom. The predicted molar refractivity (Wildman–Crippen MR) is 91.1 cm³/mol. The number of benzene rings is 1. The Hall–Kier alpha value is -1.39. The summed E-state index contributed by atoms with van der Waals surface area (Å²) in [6.45, 7) is 2.08. The van der Waals surface area contributed by atoms with Crippen LogP contribution in [0.3, 0.4) is 0 Å². The van der Waals surface area contributed by atoms with Gasteiger partial charge in [0.2, 0.25) is 5.91 Å². The molecule has 0 spiro atoms. The van der Waals surface area contributed by atoms with Crippen LogP contribution in [0.2, 0.25) is 0 Å². The van der Waals surface area contributed by atoms with Crippen LogP contribution in [0.15, 0.2) is 30.3 Å². The first-order valence-electron chi connectivity index (χ1n) is 8.75. The van der Waals surface area contributed by atoms with E-state index in [1.807, 2.05) is 23.1 Å². The minimum absolute atomic E-state index is 0.0298. The van der Waals surface area contributed by atoms with Crippen molar-refractivity contribution in [2.45, 2.75) is 44.1 Å². The molecule has 1 aliphatic heterocycles. The number of likely N-dealkylation sites (tertiary alicyclic amines) is 1. The van der Waals surface area contributed by atoms with Crippen molar-refractivity contribution in [1.82, 2.24) is 4.90 Å². The van der Waals surface area contributed by atoms with Crippen molar-refractivity contribution in [2.24, 2.45) is 11.1 Å². The summed E-state index contributed by atoms with van der Waals surface area (Å²) >= 11 is 0. The second-order valence-electron chi connectivity index (χ2n) is 7.12. The average molecular weight is 316 g/mol. The molecule has 23 heavy (non-hydrogen) atoms. The van der Waals surface area contributed by atoms with Gasteiger partial charge in [-0.3, -0.25) is 4.79 Å². The number of methoxy groups -OCH3 is 1. The van der Waals surface area contributed by atoms with Crippen LogP contribution in [0, 0.1) is 5.41 Å². The Bertz CT molecular complexity index is 525. The maximum atomic E-state index is 13.2. The standard InChI is InChI=1S/C19H28N2O2/c1-23-12-11-19(9-5-6-10-19)18(22)21-13-16(17(20)14-21)15-7-3-2-4-8-15/h2-4,7-8,16-17H,5-6,9-14,20H2,1H3/t16-,17+/m0/s1. The van der Waals surface area contributed by atoms with E-state index < -0.39 is 0 Å². The van der Waals surface area contributed by atoms with Crippen LogP contribution in [0.4, 0.5) is 0 Å². The molecule has 4 heteroatoms. The molecule has 0 bridgehead atoms. The van der Waals surface area contributed by atoms with Gasteiger partial charge in [0, 0.05) is 38.8 Å². The van der Waals surface area contributed by atoms with Crippen molar-refractivity contribution in [3.05, 3.63) is 35.9 Å². The molecule has 3 rings (SSSR count). The Labute approximate surface area is 139 Å². The van der Waals surface area contributed by atoms with Crippen molar-refractivity contribution in [1.29, 1.82) is 0 Å². The molecule has 0 aromatic heterocycles. The molecule has 1 aliphatic carbocycles. The molecule has 1 saturated heterocycles. The highest BCUT2D eigenvalue weighted by Crippen LogP contribution is 2.44. The lowest BCUT2D eigenvalue weighted by molar-refractivity contribution is -0.142. The van der Waals surface area contributed by atoms with Gasteiger partial charge in [0.05, 0.1) is 5.41 Å². The van der Waals surface area contributed by atoms with Crippen molar-refractivity contribution < 1.29 is 9.53 Å². The molecule has 1 aromatic rings. The zero-order valence-electron chi connectivity index (χ0n) is 14.0. The SMILES string of the molecule is COCCC1(C(=O)N2C[C@@H](N)[C@H](c3ccccc3)C2)CCCC1. The molecule has 1 heterocycles. The maximum absolute atomic E-state index is 13.2. The first-order chi connectivity index (χ1) is 11.2. The normalized spacial score (nSPS) is 26.6. The van der Waals surface area contributed by atoms with Gasteiger partial charge < -0.3 is 15.4 Å². The fourth-order valence-corrected chi connectivity index (χ4v) is 4.30. The molecular formula is C19H28N2O2. The van der Waals surface area contributed by atoms with E-state index in [1.165, 1.54) is 5.56 Å². The lowest BCUT2D eigenvalue weighted by Gasteiger charge is -2.32. The molecule has 2 atom stereocenters. The lowest BCUT2D eigenvalue weighted by atomic mass is 9.81. The third-order valence-electron chi connectivity index (χ3n) is 5.68. The number of rotatable bonds is 5. The Morgan fingerprint density at radius 2 is 1.96 bits per heavy atom. The van der Waals surface area contributed by atoms with Gasteiger partial charge in [0.25, 0.3) is 0 Å². The summed E-state index contributed by atoms with van der Waals surface area (Å²) in [6, 6.07) is 10.4. The van der Waals surface area contributed by atoms with Crippen molar-refractivity contribution in [2.75, 3.05) is 26.8 Å². The van der Waals surface area contributed by atoms with Gasteiger partial charge in [0.1, 0.15) is 0 Å². The maximum Gasteiger partial charge on any atom is 0.228 e. The van der Waals surface area contributed by atoms with Crippen molar-refractivity contribution in [3.63, 3.8) is 0 Å². The molecule has 0 unspecified atom stereocenters. The zero-order valence-corrected chi connectivity index (χ0v) is 14.0. The van der Waals surface area contributed by atoms with Gasteiger partial charge in [-0.25, -0.2) is 0 Å². The van der Waals surface area contributed by atoms with Gasteiger partial charge >= 0.3 is 0 Å². The molecular weight excluding hydrogens is 288 g/mol. The summed E-state index contributed by atoms with van der Waals surface area (Å²) in [4.78, 5) is 15.2. The van der Waals surface area contributed by atoms with Crippen molar-refractivity contribution in [3.8, 4) is 0 Å². The van der Waals surface area contributed by atoms with E-state index in [2.05, 4.69) is 12.1 Å². The second kappa shape index (κ2) is 7.02. The van der Waals surface area contributed by atoms with E-state index in [9.17, 15) is 4.79 Å². The highest BCUT2D eigenvalue weighted by molar-refractivity contribution is 5.83. The monoisotopic (exact) mass is 316 g/mol. The van der Waals surface area contributed by atoms with Gasteiger partial charge in [0.15, 0.2) is 0 Å². The van der Waals surface area contributed by atoms with E-state index in [0.29, 0.717) is 19.1 Å². The predicted octanol–water partition coefficient (Wildman–Crippen LogP) is 2.54. The molecule has 1 aromatic carbocycles. The van der Waals surface area contributed by atoms with E-state index in [0.717, 1.165) is 38.6 Å². The third kappa shape index (κ3) is 3.29. The van der Waals surface area contributed by atoms with E-state index >= 15 is 0 Å². The number of carbonyl (C=O) groups excluding carboxylic acids is 1. The average Bonchev–Trinajstić information content (AvgIpc) is 3.21. The molecule has 1 saturated carbocycles. The van der Waals surface area contributed by atoms with Crippen molar-refractivity contribution >= 4 is 5.91 Å². The second-order valence-corrected chi connectivity index (χ2v) is 7.12. The quantitative estimate of drug-likeness (QED) is 0.908. The van der Waals surface area contributed by atoms with E-state index in [-0.39, 0.29) is 17.4 Å². The minimum atomic E-state index is -0.207. The molecule has 2 aliphatic rings. The number of hydrogen-bond donors (Lipinski definition) is 1. The number of carbonyl (C=O) groups is 1. The van der Waals surface area contributed by atoms with E-state index in [1.54, 1.807) is 7.11 Å². The Balaban J connectivity index is 1.73. The summed E-state index contributed by atoms with van der Waals surface area (Å²) in [7, 11) is 1.71. The highest BCUT2D eigenvalue weighted by Gasteiger charge is 2.46. The highest BCUT2D eigenvalue weighted by atomic mass is 16.5. The van der Waals surface area contributed by atoms with Gasteiger partial charge in [-0.15, -0.1) is 0 Å². The lowest BCUT2D eigenvalue weighted by Crippen LogP contribution is -2.43. The van der Waals surface area contributed by atoms with Crippen LogP contribution < -0.4 is 5.73 Å². The largest absolute Gasteiger partial charge is 0.385 e. The first-order valence-corrected chi connectivity index (χ1v) is 8.75. The smallest absolute Gasteiger partial charge is 0.228 e. The fourth-order valence-electron chi connectivity index (χ4n) is 4.30. The summed E-state index contributed by atoms with van der Waals surface area (Å²) in [5.41, 5.74) is 7.40. The number of nitrogens with zero attached hydrogens (tertiary/aromatic N) is 1. The zero-order chi connectivity index (χ0) is 16.3. The molecule has 1 amide bonds. The summed E-state index contributed by atoms with van der Waals surface area (Å²) in [6.07, 6.45) is 5.13. The summed E-state index contributed by atoms with van der Waals surface area (Å²) in [5, 5.41) is 0. The fraction of sp³-hybridized carbons (Fsp3) is 0.632. The summed E-state index contributed by atoms with van der Waals surface area (Å²) < 4.78 is 5.26.